The Morgan fingerprint density at radius 3 is 2.74 bits per heavy atom. The third-order valence-corrected chi connectivity index (χ3v) is 4.19. The van der Waals surface area contributed by atoms with Crippen LogP contribution in [-0.4, -0.2) is 22.8 Å². The number of nitrogens with one attached hydrogen (secondary N) is 3. The molecule has 0 unspecified atom stereocenters. The van der Waals surface area contributed by atoms with Gasteiger partial charge < -0.3 is 20.0 Å². The maximum Gasteiger partial charge on any atom is 0.266 e. The van der Waals surface area contributed by atoms with E-state index in [9.17, 15) is 9.59 Å². The normalized spacial score (nSPS) is 15.0. The Morgan fingerprint density at radius 1 is 1.22 bits per heavy atom. The predicted octanol–water partition coefficient (Wildman–Crippen LogP) is 3.27. The van der Waals surface area contributed by atoms with Crippen LogP contribution in [0.5, 0.6) is 0 Å². The zero-order valence-corrected chi connectivity index (χ0v) is 13.5. The Bertz CT molecular complexity index is 774. The summed E-state index contributed by atoms with van der Waals surface area (Å²) in [6.45, 7) is 0. The molecule has 0 spiro atoms. The lowest BCUT2D eigenvalue weighted by atomic mass is 10.2. The van der Waals surface area contributed by atoms with E-state index in [1.54, 1.807) is 18.2 Å². The van der Waals surface area contributed by atoms with Gasteiger partial charge in [-0.25, -0.2) is 0 Å². The van der Waals surface area contributed by atoms with Crippen molar-refractivity contribution < 1.29 is 14.0 Å². The maximum atomic E-state index is 11.9. The molecule has 0 atom stereocenters. The topological polar surface area (TPSA) is 87.1 Å². The average Bonchev–Trinajstić information content (AvgIpc) is 3.13. The van der Waals surface area contributed by atoms with Gasteiger partial charge in [0.15, 0.2) is 5.58 Å². The minimum absolute atomic E-state index is 0.0566. The van der Waals surface area contributed by atoms with Crippen molar-refractivity contribution in [1.82, 2.24) is 10.3 Å². The Hall–Kier alpha value is -2.15. The molecule has 2 aromatic rings. The first kappa shape index (κ1) is 15.7. The van der Waals surface area contributed by atoms with Gasteiger partial charge in [0.1, 0.15) is 0 Å². The van der Waals surface area contributed by atoms with Gasteiger partial charge in [0.25, 0.3) is 4.84 Å². The molecule has 6 nitrogen and oxygen atoms in total. The van der Waals surface area contributed by atoms with E-state index in [2.05, 4.69) is 15.6 Å². The number of H-pyrrole nitrogens is 1. The van der Waals surface area contributed by atoms with E-state index in [1.165, 1.54) is 12.8 Å². The summed E-state index contributed by atoms with van der Waals surface area (Å²) in [6.07, 6.45) is 4.79. The number of carbonyl (C=O) groups excluding carboxylic acids is 2. The maximum absolute atomic E-state index is 11.9. The molecule has 3 N–H and O–H groups in total. The van der Waals surface area contributed by atoms with E-state index in [0.29, 0.717) is 16.1 Å². The molecule has 3 rings (SSSR count). The van der Waals surface area contributed by atoms with Crippen LogP contribution in [0.2, 0.25) is 0 Å². The summed E-state index contributed by atoms with van der Waals surface area (Å²) in [7, 11) is 0. The summed E-state index contributed by atoms with van der Waals surface area (Å²) in [5.74, 6) is -0.251. The van der Waals surface area contributed by atoms with Crippen LogP contribution >= 0.6 is 12.2 Å². The predicted molar refractivity (Wildman–Crippen MR) is 89.7 cm³/mol. The van der Waals surface area contributed by atoms with Crippen molar-refractivity contribution in [2.24, 2.45) is 0 Å². The van der Waals surface area contributed by atoms with Crippen LogP contribution in [0.25, 0.3) is 11.1 Å². The molecule has 1 fully saturated rings. The molecule has 1 aromatic carbocycles. The number of amides is 2. The van der Waals surface area contributed by atoms with Crippen LogP contribution in [0.4, 0.5) is 5.69 Å². The van der Waals surface area contributed by atoms with Crippen LogP contribution in [0.3, 0.4) is 0 Å². The summed E-state index contributed by atoms with van der Waals surface area (Å²) in [4.78, 5) is 27.0. The average molecular weight is 333 g/mol. The second-order valence-electron chi connectivity index (χ2n) is 5.82. The van der Waals surface area contributed by atoms with Crippen LogP contribution in [0.1, 0.15) is 38.5 Å². The molecule has 0 bridgehead atoms. The molecule has 0 radical (unpaired) electrons. The fourth-order valence-corrected chi connectivity index (χ4v) is 3.04. The number of hydrogen-bond donors (Lipinski definition) is 3. The first-order valence-electron chi connectivity index (χ1n) is 7.82. The van der Waals surface area contributed by atoms with Crippen LogP contribution in [0.15, 0.2) is 22.6 Å². The third kappa shape index (κ3) is 4.19. The van der Waals surface area contributed by atoms with Crippen molar-refractivity contribution >= 4 is 40.8 Å². The van der Waals surface area contributed by atoms with Crippen LogP contribution in [-0.2, 0) is 9.59 Å². The summed E-state index contributed by atoms with van der Waals surface area (Å²) in [6, 6.07) is 5.55. The number of aromatic amines is 1. The van der Waals surface area contributed by atoms with Gasteiger partial charge in [0.05, 0.1) is 5.52 Å². The summed E-state index contributed by atoms with van der Waals surface area (Å²) >= 11 is 4.92. The highest BCUT2D eigenvalue weighted by Gasteiger charge is 2.17. The van der Waals surface area contributed by atoms with Gasteiger partial charge in [0, 0.05) is 30.6 Å². The zero-order valence-electron chi connectivity index (χ0n) is 12.7. The molecule has 1 saturated carbocycles. The van der Waals surface area contributed by atoms with Crippen LogP contribution < -0.4 is 10.6 Å². The van der Waals surface area contributed by atoms with E-state index < -0.39 is 0 Å². The summed E-state index contributed by atoms with van der Waals surface area (Å²) in [5, 5.41) is 5.74. The summed E-state index contributed by atoms with van der Waals surface area (Å²) < 4.78 is 5.31. The van der Waals surface area contributed by atoms with Crippen LogP contribution in [0, 0.1) is 4.84 Å². The number of anilines is 1. The highest BCUT2D eigenvalue weighted by Crippen LogP contribution is 2.19. The molecule has 1 aliphatic carbocycles. The van der Waals surface area contributed by atoms with Gasteiger partial charge in [-0.15, -0.1) is 0 Å². The van der Waals surface area contributed by atoms with Gasteiger partial charge in [-0.05, 0) is 37.2 Å². The number of oxazole rings is 1. The zero-order chi connectivity index (χ0) is 16.2. The van der Waals surface area contributed by atoms with Gasteiger partial charge >= 0.3 is 0 Å². The number of carbonyl (C=O) groups is 2. The largest absolute Gasteiger partial charge is 0.429 e. The Kier molecular flexibility index (Phi) is 4.76. The molecule has 23 heavy (non-hydrogen) atoms. The van der Waals surface area contributed by atoms with Crippen molar-refractivity contribution in [3.05, 3.63) is 23.0 Å². The van der Waals surface area contributed by atoms with Crippen molar-refractivity contribution in [3.63, 3.8) is 0 Å². The monoisotopic (exact) mass is 333 g/mol. The van der Waals surface area contributed by atoms with Gasteiger partial charge in [-0.1, -0.05) is 12.8 Å². The van der Waals surface area contributed by atoms with Crippen molar-refractivity contribution in [3.8, 4) is 0 Å². The number of rotatable bonds is 5. The number of hydrogen-bond acceptors (Lipinski definition) is 4. The molecule has 1 heterocycles. The lowest BCUT2D eigenvalue weighted by Crippen LogP contribution is -2.33. The first-order chi connectivity index (χ1) is 11.1. The second kappa shape index (κ2) is 6.95. The second-order valence-corrected chi connectivity index (χ2v) is 6.19. The van der Waals surface area contributed by atoms with Gasteiger partial charge in [-0.3, -0.25) is 9.59 Å². The SMILES string of the molecule is O=C(CCC(=O)NC1CCCC1)Nc1ccc2[nH]c(=S)oc2c1. The minimum Gasteiger partial charge on any atom is -0.429 e. The van der Waals surface area contributed by atoms with E-state index in [4.69, 9.17) is 16.6 Å². The molecule has 1 aliphatic rings. The van der Waals surface area contributed by atoms with E-state index >= 15 is 0 Å². The van der Waals surface area contributed by atoms with Gasteiger partial charge in [-0.2, -0.15) is 0 Å². The van der Waals surface area contributed by atoms with Crippen molar-refractivity contribution in [2.75, 3.05) is 5.32 Å². The van der Waals surface area contributed by atoms with E-state index in [1.807, 2.05) is 0 Å². The Labute approximate surface area is 138 Å². The molecular weight excluding hydrogens is 314 g/mol. The van der Waals surface area contributed by atoms with E-state index in [-0.39, 0.29) is 30.7 Å². The molecule has 122 valence electrons. The fraction of sp³-hybridized carbons (Fsp3) is 0.438. The standard InChI is InChI=1S/C16H19N3O3S/c20-14(17-10-3-1-2-4-10)7-8-15(21)18-11-5-6-12-13(9-11)22-16(23)19-12/h5-6,9-10H,1-4,7-8H2,(H,17,20)(H,18,21)(H,19,23). The molecule has 2 amide bonds. The fourth-order valence-electron chi connectivity index (χ4n) is 2.84. The summed E-state index contributed by atoms with van der Waals surface area (Å²) in [5.41, 5.74) is 1.99. The molecule has 0 saturated heterocycles. The minimum atomic E-state index is -0.194. The lowest BCUT2D eigenvalue weighted by molar-refractivity contribution is -0.124. The molecule has 7 heteroatoms. The number of benzene rings is 1. The molecular formula is C16H19N3O3S. The number of aromatic nitrogens is 1. The third-order valence-electron chi connectivity index (χ3n) is 4.00. The molecule has 0 aliphatic heterocycles. The quantitative estimate of drug-likeness (QED) is 0.733. The smallest absolute Gasteiger partial charge is 0.266 e. The number of fused-ring (bicyclic) bond motifs is 1. The van der Waals surface area contributed by atoms with Crippen molar-refractivity contribution in [2.45, 2.75) is 44.6 Å². The van der Waals surface area contributed by atoms with Crippen molar-refractivity contribution in [1.29, 1.82) is 0 Å². The van der Waals surface area contributed by atoms with E-state index in [0.717, 1.165) is 18.4 Å². The molecule has 1 aromatic heterocycles. The highest BCUT2D eigenvalue weighted by atomic mass is 32.1. The Balaban J connectivity index is 1.49. The van der Waals surface area contributed by atoms with Gasteiger partial charge in [0.2, 0.25) is 11.8 Å². The first-order valence-corrected chi connectivity index (χ1v) is 8.23. The lowest BCUT2D eigenvalue weighted by Gasteiger charge is -2.11. The Morgan fingerprint density at radius 2 is 1.96 bits per heavy atom. The highest BCUT2D eigenvalue weighted by molar-refractivity contribution is 7.71.